The minimum absolute atomic E-state index is 0.393. The predicted octanol–water partition coefficient (Wildman–Crippen LogP) is 2.03. The summed E-state index contributed by atoms with van der Waals surface area (Å²) in [4.78, 5) is 4.64. The molecule has 1 fully saturated rings. The third kappa shape index (κ3) is 1.96. The van der Waals surface area contributed by atoms with Gasteiger partial charge < -0.3 is 9.84 Å². The molecular formula is C15H17N3O. The molecule has 2 aromatic rings. The molecule has 0 spiro atoms. The van der Waals surface area contributed by atoms with E-state index in [1.807, 2.05) is 0 Å². The van der Waals surface area contributed by atoms with Crippen molar-refractivity contribution in [2.75, 3.05) is 13.1 Å². The Kier molecular flexibility index (Phi) is 2.62. The number of nitrogens with zero attached hydrogens (tertiary/aromatic N) is 2. The lowest BCUT2D eigenvalue weighted by atomic mass is 10.1. The first-order chi connectivity index (χ1) is 9.40. The molecule has 1 N–H and O–H groups in total. The zero-order valence-electron chi connectivity index (χ0n) is 10.8. The molecular weight excluding hydrogens is 238 g/mol. The molecule has 19 heavy (non-hydrogen) atoms. The Morgan fingerprint density at radius 1 is 1.11 bits per heavy atom. The second-order valence-corrected chi connectivity index (χ2v) is 5.55. The molecule has 1 aromatic heterocycles. The van der Waals surface area contributed by atoms with Crippen molar-refractivity contribution in [2.45, 2.75) is 31.1 Å². The average Bonchev–Trinajstić information content (AvgIpc) is 3.17. The lowest BCUT2D eigenvalue weighted by Crippen LogP contribution is -2.08. The third-order valence-electron chi connectivity index (χ3n) is 4.28. The van der Waals surface area contributed by atoms with Crippen molar-refractivity contribution < 1.29 is 4.52 Å². The molecule has 1 aromatic carbocycles. The van der Waals surface area contributed by atoms with Crippen LogP contribution < -0.4 is 5.32 Å². The first kappa shape index (κ1) is 11.2. The molecule has 1 aliphatic carbocycles. The molecule has 0 bridgehead atoms. The van der Waals surface area contributed by atoms with Gasteiger partial charge in [-0.05, 0) is 36.9 Å². The summed E-state index contributed by atoms with van der Waals surface area (Å²) in [6.07, 6.45) is 3.18. The Balaban J connectivity index is 1.55. The minimum Gasteiger partial charge on any atom is -0.339 e. The second kappa shape index (κ2) is 4.46. The number of benzene rings is 1. The van der Waals surface area contributed by atoms with Gasteiger partial charge in [0.15, 0.2) is 5.82 Å². The maximum absolute atomic E-state index is 5.46. The van der Waals surface area contributed by atoms with Crippen LogP contribution in [0.4, 0.5) is 0 Å². The van der Waals surface area contributed by atoms with E-state index in [-0.39, 0.29) is 0 Å². The fourth-order valence-corrected chi connectivity index (χ4v) is 3.19. The van der Waals surface area contributed by atoms with Gasteiger partial charge in [0, 0.05) is 12.5 Å². The number of hydrogen-bond donors (Lipinski definition) is 1. The normalized spacial score (nSPS) is 22.8. The van der Waals surface area contributed by atoms with E-state index < -0.39 is 0 Å². The van der Waals surface area contributed by atoms with E-state index in [0.717, 1.165) is 44.1 Å². The van der Waals surface area contributed by atoms with E-state index in [0.29, 0.717) is 11.8 Å². The van der Waals surface area contributed by atoms with Crippen LogP contribution in [-0.4, -0.2) is 23.2 Å². The van der Waals surface area contributed by atoms with Crippen molar-refractivity contribution >= 4 is 0 Å². The van der Waals surface area contributed by atoms with Gasteiger partial charge in [0.2, 0.25) is 5.89 Å². The fraction of sp³-hybridized carbons (Fsp3) is 0.467. The predicted molar refractivity (Wildman–Crippen MR) is 71.1 cm³/mol. The molecule has 0 saturated carbocycles. The molecule has 2 heterocycles. The van der Waals surface area contributed by atoms with E-state index >= 15 is 0 Å². The molecule has 0 radical (unpaired) electrons. The molecule has 4 rings (SSSR count). The van der Waals surface area contributed by atoms with Crippen LogP contribution in [-0.2, 0) is 12.8 Å². The zero-order chi connectivity index (χ0) is 12.7. The molecule has 98 valence electrons. The number of nitrogens with one attached hydrogen (secondary N) is 1. The monoisotopic (exact) mass is 255 g/mol. The number of rotatable bonds is 2. The SMILES string of the molecule is c1ccc2c(c1)CC(c1noc(C3CCNC3)n1)C2. The first-order valence-electron chi connectivity index (χ1n) is 7.01. The van der Waals surface area contributed by atoms with E-state index in [4.69, 9.17) is 4.52 Å². The van der Waals surface area contributed by atoms with Crippen LogP contribution in [0.2, 0.25) is 0 Å². The van der Waals surface area contributed by atoms with Gasteiger partial charge in [-0.1, -0.05) is 29.4 Å². The standard InChI is InChI=1S/C15H17N3O/c1-2-4-11-8-13(7-10(11)3-1)14-17-15(19-18-14)12-5-6-16-9-12/h1-4,12-13,16H,5-9H2. The average molecular weight is 255 g/mol. The smallest absolute Gasteiger partial charge is 0.231 e. The summed E-state index contributed by atoms with van der Waals surface area (Å²) >= 11 is 0. The van der Waals surface area contributed by atoms with E-state index in [1.54, 1.807) is 0 Å². The highest BCUT2D eigenvalue weighted by Crippen LogP contribution is 2.33. The van der Waals surface area contributed by atoms with Gasteiger partial charge in [-0.2, -0.15) is 4.98 Å². The maximum atomic E-state index is 5.46. The zero-order valence-corrected chi connectivity index (χ0v) is 10.8. The van der Waals surface area contributed by atoms with Crippen LogP contribution in [0.1, 0.15) is 41.1 Å². The highest BCUT2D eigenvalue weighted by atomic mass is 16.5. The van der Waals surface area contributed by atoms with E-state index in [2.05, 4.69) is 39.7 Å². The van der Waals surface area contributed by atoms with Crippen molar-refractivity contribution in [1.82, 2.24) is 15.5 Å². The summed E-state index contributed by atoms with van der Waals surface area (Å²) in [5.74, 6) is 2.50. The molecule has 4 heteroatoms. The van der Waals surface area contributed by atoms with Crippen molar-refractivity contribution in [3.05, 3.63) is 47.1 Å². The molecule has 4 nitrogen and oxygen atoms in total. The summed E-state index contributed by atoms with van der Waals surface area (Å²) in [5.41, 5.74) is 2.86. The van der Waals surface area contributed by atoms with Crippen molar-refractivity contribution in [3.8, 4) is 0 Å². The van der Waals surface area contributed by atoms with Gasteiger partial charge in [-0.3, -0.25) is 0 Å². The Morgan fingerprint density at radius 3 is 2.58 bits per heavy atom. The Labute approximate surface area is 112 Å². The summed E-state index contributed by atoms with van der Waals surface area (Å²) in [5, 5.41) is 7.55. The van der Waals surface area contributed by atoms with Gasteiger partial charge in [0.05, 0.1) is 5.92 Å². The van der Waals surface area contributed by atoms with Crippen LogP contribution >= 0.6 is 0 Å². The van der Waals surface area contributed by atoms with Crippen LogP contribution in [0.25, 0.3) is 0 Å². The largest absolute Gasteiger partial charge is 0.339 e. The van der Waals surface area contributed by atoms with E-state index in [9.17, 15) is 0 Å². The summed E-state index contributed by atoms with van der Waals surface area (Å²) < 4.78 is 5.46. The second-order valence-electron chi connectivity index (χ2n) is 5.55. The minimum atomic E-state index is 0.393. The summed E-state index contributed by atoms with van der Waals surface area (Å²) in [7, 11) is 0. The highest BCUT2D eigenvalue weighted by molar-refractivity contribution is 5.34. The van der Waals surface area contributed by atoms with E-state index in [1.165, 1.54) is 11.1 Å². The lowest BCUT2D eigenvalue weighted by Gasteiger charge is -2.01. The number of hydrogen-bond acceptors (Lipinski definition) is 4. The Hall–Kier alpha value is -1.68. The molecule has 0 amide bonds. The Morgan fingerprint density at radius 2 is 1.89 bits per heavy atom. The first-order valence-corrected chi connectivity index (χ1v) is 7.01. The number of fused-ring (bicyclic) bond motifs is 1. The molecule has 1 aliphatic heterocycles. The van der Waals surface area contributed by atoms with Crippen LogP contribution in [0, 0.1) is 0 Å². The van der Waals surface area contributed by atoms with Gasteiger partial charge in [0.1, 0.15) is 0 Å². The lowest BCUT2D eigenvalue weighted by molar-refractivity contribution is 0.352. The van der Waals surface area contributed by atoms with Crippen molar-refractivity contribution in [1.29, 1.82) is 0 Å². The van der Waals surface area contributed by atoms with Crippen LogP contribution in [0.3, 0.4) is 0 Å². The quantitative estimate of drug-likeness (QED) is 0.892. The molecule has 1 saturated heterocycles. The van der Waals surface area contributed by atoms with Crippen LogP contribution in [0.15, 0.2) is 28.8 Å². The summed E-state index contributed by atoms with van der Waals surface area (Å²) in [6, 6.07) is 8.62. The number of aromatic nitrogens is 2. The van der Waals surface area contributed by atoms with Gasteiger partial charge in [-0.25, -0.2) is 0 Å². The molecule has 1 atom stereocenters. The van der Waals surface area contributed by atoms with Gasteiger partial charge >= 0.3 is 0 Å². The third-order valence-corrected chi connectivity index (χ3v) is 4.28. The maximum Gasteiger partial charge on any atom is 0.231 e. The summed E-state index contributed by atoms with van der Waals surface area (Å²) in [6.45, 7) is 2.02. The fourth-order valence-electron chi connectivity index (χ4n) is 3.19. The van der Waals surface area contributed by atoms with Crippen molar-refractivity contribution in [2.24, 2.45) is 0 Å². The highest BCUT2D eigenvalue weighted by Gasteiger charge is 2.29. The Bertz CT molecular complexity index is 562. The topological polar surface area (TPSA) is 51.0 Å². The van der Waals surface area contributed by atoms with Crippen molar-refractivity contribution in [3.63, 3.8) is 0 Å². The van der Waals surface area contributed by atoms with Gasteiger partial charge in [0.25, 0.3) is 0 Å². The van der Waals surface area contributed by atoms with Gasteiger partial charge in [-0.15, -0.1) is 0 Å². The molecule has 2 aliphatic rings. The molecule has 1 unspecified atom stereocenters. The van der Waals surface area contributed by atoms with Crippen LogP contribution in [0.5, 0.6) is 0 Å².